The van der Waals surface area contributed by atoms with Crippen LogP contribution in [0.2, 0.25) is 0 Å². The third-order valence-electron chi connectivity index (χ3n) is 2.57. The maximum atomic E-state index is 5.52. The molecule has 1 aromatic carbocycles. The summed E-state index contributed by atoms with van der Waals surface area (Å²) in [5.41, 5.74) is 6.49. The maximum Gasteiger partial charge on any atom is 0.181 e. The third-order valence-corrected chi connectivity index (χ3v) is 2.57. The van der Waals surface area contributed by atoms with Gasteiger partial charge >= 0.3 is 0 Å². The largest absolute Gasteiger partial charge is 0.497 e. The fraction of sp³-hybridized carbons (Fsp3) is 0.333. The first-order valence-electron chi connectivity index (χ1n) is 5.49. The lowest BCUT2D eigenvalue weighted by atomic mass is 10.2. The number of methoxy groups -OCH3 is 1. The number of nitrogens with two attached hydrogens (primary N) is 1. The third kappa shape index (κ3) is 2.45. The van der Waals surface area contributed by atoms with E-state index >= 15 is 0 Å². The number of ether oxygens (including phenoxy) is 1. The van der Waals surface area contributed by atoms with Crippen LogP contribution in [0.25, 0.3) is 11.4 Å². The van der Waals surface area contributed by atoms with E-state index in [0.717, 1.165) is 29.4 Å². The second-order valence-corrected chi connectivity index (χ2v) is 3.74. The zero-order valence-electron chi connectivity index (χ0n) is 10.1. The van der Waals surface area contributed by atoms with Gasteiger partial charge in [0.2, 0.25) is 0 Å². The van der Waals surface area contributed by atoms with E-state index < -0.39 is 0 Å². The van der Waals surface area contributed by atoms with Crippen molar-refractivity contribution in [3.8, 4) is 17.1 Å². The number of hydrogen-bond donors (Lipinski definition) is 1. The summed E-state index contributed by atoms with van der Waals surface area (Å²) < 4.78 is 6.88. The molecule has 0 unspecified atom stereocenters. The van der Waals surface area contributed by atoms with Gasteiger partial charge in [-0.05, 0) is 30.8 Å². The van der Waals surface area contributed by atoms with Gasteiger partial charge in [-0.1, -0.05) is 0 Å². The Morgan fingerprint density at radius 3 is 2.59 bits per heavy atom. The topological polar surface area (TPSA) is 66.0 Å². The van der Waals surface area contributed by atoms with E-state index in [1.807, 2.05) is 31.3 Å². The van der Waals surface area contributed by atoms with Crippen LogP contribution in [0, 0.1) is 0 Å². The van der Waals surface area contributed by atoms with Crippen molar-refractivity contribution in [3.05, 3.63) is 30.1 Å². The van der Waals surface area contributed by atoms with E-state index in [2.05, 4.69) is 10.1 Å². The van der Waals surface area contributed by atoms with Crippen LogP contribution in [0.1, 0.15) is 5.82 Å². The second-order valence-electron chi connectivity index (χ2n) is 3.74. The summed E-state index contributed by atoms with van der Waals surface area (Å²) in [6.45, 7) is 0.578. The van der Waals surface area contributed by atoms with Crippen LogP contribution in [0.4, 0.5) is 0 Å². The molecule has 1 aromatic heterocycles. The molecule has 5 heteroatoms. The molecular weight excluding hydrogens is 216 g/mol. The highest BCUT2D eigenvalue weighted by molar-refractivity contribution is 5.55. The predicted octanol–water partition coefficient (Wildman–Crippen LogP) is 0.992. The van der Waals surface area contributed by atoms with Gasteiger partial charge in [0.15, 0.2) is 5.82 Å². The molecule has 0 bridgehead atoms. The Morgan fingerprint density at radius 2 is 2.00 bits per heavy atom. The lowest BCUT2D eigenvalue weighted by Crippen LogP contribution is -2.08. The molecule has 0 aliphatic rings. The summed E-state index contributed by atoms with van der Waals surface area (Å²) in [5, 5.41) is 4.36. The van der Waals surface area contributed by atoms with Crippen LogP contribution < -0.4 is 10.5 Å². The zero-order valence-corrected chi connectivity index (χ0v) is 10.1. The Balaban J connectivity index is 2.29. The Labute approximate surface area is 100 Å². The van der Waals surface area contributed by atoms with Gasteiger partial charge in [-0.15, -0.1) is 0 Å². The number of hydrogen-bond acceptors (Lipinski definition) is 4. The maximum absolute atomic E-state index is 5.52. The number of aromatic nitrogens is 3. The summed E-state index contributed by atoms with van der Waals surface area (Å²) in [6.07, 6.45) is 0.736. The molecule has 0 aliphatic carbocycles. The van der Waals surface area contributed by atoms with Crippen molar-refractivity contribution in [2.24, 2.45) is 12.8 Å². The average Bonchev–Trinajstić information content (AvgIpc) is 2.72. The van der Waals surface area contributed by atoms with Gasteiger partial charge < -0.3 is 10.5 Å². The lowest BCUT2D eigenvalue weighted by molar-refractivity contribution is 0.415. The molecule has 0 saturated heterocycles. The highest BCUT2D eigenvalue weighted by Crippen LogP contribution is 2.19. The van der Waals surface area contributed by atoms with E-state index in [1.54, 1.807) is 11.8 Å². The van der Waals surface area contributed by atoms with Crippen molar-refractivity contribution in [2.75, 3.05) is 13.7 Å². The SMILES string of the molecule is COc1ccc(-c2nc(CCN)n(C)n2)cc1. The number of nitrogens with zero attached hydrogens (tertiary/aromatic N) is 3. The summed E-state index contributed by atoms with van der Waals surface area (Å²) in [5.74, 6) is 2.45. The van der Waals surface area contributed by atoms with E-state index in [4.69, 9.17) is 10.5 Å². The van der Waals surface area contributed by atoms with Crippen LogP contribution in [-0.2, 0) is 13.5 Å². The van der Waals surface area contributed by atoms with E-state index in [-0.39, 0.29) is 0 Å². The highest BCUT2D eigenvalue weighted by atomic mass is 16.5. The molecule has 17 heavy (non-hydrogen) atoms. The Morgan fingerprint density at radius 1 is 1.29 bits per heavy atom. The number of rotatable bonds is 4. The first-order chi connectivity index (χ1) is 8.24. The minimum Gasteiger partial charge on any atom is -0.497 e. The van der Waals surface area contributed by atoms with Gasteiger partial charge in [0.1, 0.15) is 11.6 Å². The standard InChI is InChI=1S/C12H16N4O/c1-16-11(7-8-13)14-12(15-16)9-3-5-10(17-2)6-4-9/h3-6H,7-8,13H2,1-2H3. The molecule has 2 rings (SSSR count). The average molecular weight is 232 g/mol. The first-order valence-corrected chi connectivity index (χ1v) is 5.49. The quantitative estimate of drug-likeness (QED) is 0.853. The molecule has 0 fully saturated rings. The molecule has 0 aliphatic heterocycles. The Kier molecular flexibility index (Phi) is 3.39. The van der Waals surface area contributed by atoms with Gasteiger partial charge in [0, 0.05) is 19.0 Å². The van der Waals surface area contributed by atoms with E-state index in [1.165, 1.54) is 0 Å². The molecule has 90 valence electrons. The molecule has 0 saturated carbocycles. The van der Waals surface area contributed by atoms with Crippen molar-refractivity contribution >= 4 is 0 Å². The monoisotopic (exact) mass is 232 g/mol. The van der Waals surface area contributed by atoms with Crippen molar-refractivity contribution < 1.29 is 4.74 Å². The molecule has 2 N–H and O–H groups in total. The molecular formula is C12H16N4O. The summed E-state index contributed by atoms with van der Waals surface area (Å²) in [4.78, 5) is 4.46. The van der Waals surface area contributed by atoms with Gasteiger partial charge in [-0.25, -0.2) is 4.98 Å². The van der Waals surface area contributed by atoms with E-state index in [9.17, 15) is 0 Å². The second kappa shape index (κ2) is 4.97. The van der Waals surface area contributed by atoms with Crippen LogP contribution in [0.15, 0.2) is 24.3 Å². The minimum atomic E-state index is 0.578. The molecule has 1 heterocycles. The normalized spacial score (nSPS) is 10.5. The van der Waals surface area contributed by atoms with Crippen molar-refractivity contribution in [1.82, 2.24) is 14.8 Å². The first kappa shape index (κ1) is 11.6. The molecule has 5 nitrogen and oxygen atoms in total. The Bertz CT molecular complexity index is 490. The molecule has 0 atom stereocenters. The van der Waals surface area contributed by atoms with Crippen molar-refractivity contribution in [2.45, 2.75) is 6.42 Å². The van der Waals surface area contributed by atoms with Gasteiger partial charge in [0.25, 0.3) is 0 Å². The van der Waals surface area contributed by atoms with Crippen LogP contribution in [-0.4, -0.2) is 28.4 Å². The smallest absolute Gasteiger partial charge is 0.181 e. The van der Waals surface area contributed by atoms with Crippen molar-refractivity contribution in [3.63, 3.8) is 0 Å². The lowest BCUT2D eigenvalue weighted by Gasteiger charge is -1.99. The molecule has 0 amide bonds. The Hall–Kier alpha value is -1.88. The molecule has 0 spiro atoms. The molecule has 2 aromatic rings. The predicted molar refractivity (Wildman–Crippen MR) is 65.7 cm³/mol. The van der Waals surface area contributed by atoms with E-state index in [0.29, 0.717) is 6.54 Å². The fourth-order valence-electron chi connectivity index (χ4n) is 1.63. The van der Waals surface area contributed by atoms with Crippen LogP contribution in [0.3, 0.4) is 0 Å². The fourth-order valence-corrected chi connectivity index (χ4v) is 1.63. The number of benzene rings is 1. The summed E-state index contributed by atoms with van der Waals surface area (Å²) >= 11 is 0. The molecule has 0 radical (unpaired) electrons. The van der Waals surface area contributed by atoms with Gasteiger partial charge in [-0.2, -0.15) is 5.10 Å². The zero-order chi connectivity index (χ0) is 12.3. The highest BCUT2D eigenvalue weighted by Gasteiger charge is 2.08. The van der Waals surface area contributed by atoms with Gasteiger partial charge in [0.05, 0.1) is 7.11 Å². The van der Waals surface area contributed by atoms with Crippen LogP contribution >= 0.6 is 0 Å². The van der Waals surface area contributed by atoms with Crippen molar-refractivity contribution in [1.29, 1.82) is 0 Å². The minimum absolute atomic E-state index is 0.578. The summed E-state index contributed by atoms with van der Waals surface area (Å²) in [7, 11) is 3.53. The van der Waals surface area contributed by atoms with Crippen LogP contribution in [0.5, 0.6) is 5.75 Å². The van der Waals surface area contributed by atoms with Gasteiger partial charge in [-0.3, -0.25) is 4.68 Å². The summed E-state index contributed by atoms with van der Waals surface area (Å²) in [6, 6.07) is 7.68. The number of aryl methyl sites for hydroxylation is 1.